The van der Waals surface area contributed by atoms with Crippen LogP contribution in [0.2, 0.25) is 0 Å². The number of hydrogen-bond acceptors (Lipinski definition) is 3. The van der Waals surface area contributed by atoms with E-state index in [9.17, 15) is 4.79 Å². The summed E-state index contributed by atoms with van der Waals surface area (Å²) in [5.74, 6) is 0.0896. The summed E-state index contributed by atoms with van der Waals surface area (Å²) in [4.78, 5) is 13.3. The highest BCUT2D eigenvalue weighted by molar-refractivity contribution is 5.70. The number of carboxylic acids is 1. The van der Waals surface area contributed by atoms with Crippen molar-refractivity contribution in [1.29, 1.82) is 0 Å². The lowest BCUT2D eigenvalue weighted by Crippen LogP contribution is -2.44. The van der Waals surface area contributed by atoms with Crippen LogP contribution in [0.3, 0.4) is 0 Å². The molecule has 2 rings (SSSR count). The Hall–Kier alpha value is -1.55. The van der Waals surface area contributed by atoms with E-state index in [0.717, 1.165) is 37.2 Å². The molecule has 20 heavy (non-hydrogen) atoms. The number of ether oxygens (including phenoxy) is 1. The Morgan fingerprint density at radius 3 is 2.85 bits per heavy atom. The first-order valence-corrected chi connectivity index (χ1v) is 7.23. The van der Waals surface area contributed by atoms with E-state index in [-0.39, 0.29) is 5.92 Å². The van der Waals surface area contributed by atoms with Gasteiger partial charge in [0.15, 0.2) is 0 Å². The third kappa shape index (κ3) is 3.73. The van der Waals surface area contributed by atoms with Crippen LogP contribution in [0.15, 0.2) is 24.3 Å². The van der Waals surface area contributed by atoms with Gasteiger partial charge in [-0.15, -0.1) is 0 Å². The quantitative estimate of drug-likeness (QED) is 0.898. The second-order valence-corrected chi connectivity index (χ2v) is 5.56. The number of nitrogens with zero attached hydrogens (tertiary/aromatic N) is 1. The smallest absolute Gasteiger partial charge is 0.306 e. The van der Waals surface area contributed by atoms with Crippen molar-refractivity contribution in [3.05, 3.63) is 29.8 Å². The summed E-state index contributed by atoms with van der Waals surface area (Å²) in [5, 5.41) is 9.05. The molecule has 0 bridgehead atoms. The molecule has 0 saturated carbocycles. The van der Waals surface area contributed by atoms with Crippen molar-refractivity contribution in [3.8, 4) is 5.75 Å². The molecular formula is C16H23NO3. The SMILES string of the molecule is Cc1ccccc1OCCN1CCC(C(=O)O)CC1C. The normalized spacial score (nSPS) is 23.5. The third-order valence-corrected chi connectivity index (χ3v) is 4.09. The molecule has 110 valence electrons. The molecule has 0 spiro atoms. The van der Waals surface area contributed by atoms with Crippen LogP contribution in [0.1, 0.15) is 25.3 Å². The van der Waals surface area contributed by atoms with Crippen LogP contribution in [0, 0.1) is 12.8 Å². The largest absolute Gasteiger partial charge is 0.492 e. The van der Waals surface area contributed by atoms with E-state index in [1.807, 2.05) is 31.2 Å². The van der Waals surface area contributed by atoms with Gasteiger partial charge in [0.05, 0.1) is 5.92 Å². The molecule has 1 aliphatic heterocycles. The molecule has 4 heteroatoms. The lowest BCUT2D eigenvalue weighted by Gasteiger charge is -2.36. The van der Waals surface area contributed by atoms with Crippen molar-refractivity contribution in [1.82, 2.24) is 4.90 Å². The summed E-state index contributed by atoms with van der Waals surface area (Å²) in [5.41, 5.74) is 1.14. The Kier molecular flexibility index (Phi) is 5.01. The fourth-order valence-corrected chi connectivity index (χ4v) is 2.77. The van der Waals surface area contributed by atoms with E-state index < -0.39 is 5.97 Å². The van der Waals surface area contributed by atoms with Gasteiger partial charge in [0.1, 0.15) is 12.4 Å². The molecule has 1 fully saturated rings. The number of para-hydroxylation sites is 1. The first kappa shape index (κ1) is 14.9. The highest BCUT2D eigenvalue weighted by atomic mass is 16.5. The van der Waals surface area contributed by atoms with Crippen molar-refractivity contribution in [2.75, 3.05) is 19.7 Å². The van der Waals surface area contributed by atoms with Crippen LogP contribution in [0.4, 0.5) is 0 Å². The van der Waals surface area contributed by atoms with Gasteiger partial charge in [0.25, 0.3) is 0 Å². The van der Waals surface area contributed by atoms with Gasteiger partial charge in [-0.25, -0.2) is 0 Å². The second-order valence-electron chi connectivity index (χ2n) is 5.56. The molecule has 1 heterocycles. The minimum atomic E-state index is -0.660. The molecule has 1 aromatic carbocycles. The zero-order valence-electron chi connectivity index (χ0n) is 12.2. The molecule has 2 atom stereocenters. The van der Waals surface area contributed by atoms with E-state index in [4.69, 9.17) is 9.84 Å². The van der Waals surface area contributed by atoms with Gasteiger partial charge in [-0.3, -0.25) is 9.69 Å². The fourth-order valence-electron chi connectivity index (χ4n) is 2.77. The highest BCUT2D eigenvalue weighted by Crippen LogP contribution is 2.23. The molecule has 1 aliphatic rings. The standard InChI is InChI=1S/C16H23NO3/c1-12-5-3-4-6-15(12)20-10-9-17-8-7-14(16(18)19)11-13(17)2/h3-6,13-14H,7-11H2,1-2H3,(H,18,19). The lowest BCUT2D eigenvalue weighted by atomic mass is 9.92. The molecule has 0 aliphatic carbocycles. The summed E-state index contributed by atoms with van der Waals surface area (Å²) < 4.78 is 5.80. The van der Waals surface area contributed by atoms with Crippen molar-refractivity contribution in [3.63, 3.8) is 0 Å². The average molecular weight is 277 g/mol. The van der Waals surface area contributed by atoms with Crippen molar-refractivity contribution in [2.24, 2.45) is 5.92 Å². The molecule has 1 aromatic rings. The number of piperidine rings is 1. The summed E-state index contributed by atoms with van der Waals surface area (Å²) in [7, 11) is 0. The summed E-state index contributed by atoms with van der Waals surface area (Å²) in [6, 6.07) is 8.31. The number of rotatable bonds is 5. The zero-order valence-corrected chi connectivity index (χ0v) is 12.2. The Labute approximate surface area is 120 Å². The number of aliphatic carboxylic acids is 1. The minimum Gasteiger partial charge on any atom is -0.492 e. The van der Waals surface area contributed by atoms with E-state index >= 15 is 0 Å². The minimum absolute atomic E-state index is 0.182. The molecular weight excluding hydrogens is 254 g/mol. The molecule has 0 aromatic heterocycles. The van der Waals surface area contributed by atoms with Crippen LogP contribution in [0.5, 0.6) is 5.75 Å². The molecule has 2 unspecified atom stereocenters. The molecule has 1 saturated heterocycles. The molecule has 0 radical (unpaired) electrons. The number of hydrogen-bond donors (Lipinski definition) is 1. The van der Waals surface area contributed by atoms with Gasteiger partial charge in [0, 0.05) is 12.6 Å². The summed E-state index contributed by atoms with van der Waals surface area (Å²) >= 11 is 0. The Morgan fingerprint density at radius 1 is 1.45 bits per heavy atom. The first-order valence-electron chi connectivity index (χ1n) is 7.23. The molecule has 0 amide bonds. The van der Waals surface area contributed by atoms with Gasteiger partial charge in [0.2, 0.25) is 0 Å². The first-order chi connectivity index (χ1) is 9.58. The van der Waals surface area contributed by atoms with Crippen LogP contribution >= 0.6 is 0 Å². The Bertz CT molecular complexity index is 461. The van der Waals surface area contributed by atoms with Crippen LogP contribution in [-0.2, 0) is 4.79 Å². The van der Waals surface area contributed by atoms with Crippen molar-refractivity contribution >= 4 is 5.97 Å². The second kappa shape index (κ2) is 6.75. The van der Waals surface area contributed by atoms with E-state index in [1.54, 1.807) is 0 Å². The van der Waals surface area contributed by atoms with Gasteiger partial charge < -0.3 is 9.84 Å². The lowest BCUT2D eigenvalue weighted by molar-refractivity contribution is -0.144. The van der Waals surface area contributed by atoms with Gasteiger partial charge >= 0.3 is 5.97 Å². The topological polar surface area (TPSA) is 49.8 Å². The van der Waals surface area contributed by atoms with E-state index in [2.05, 4.69) is 11.8 Å². The fraction of sp³-hybridized carbons (Fsp3) is 0.562. The van der Waals surface area contributed by atoms with Crippen molar-refractivity contribution in [2.45, 2.75) is 32.7 Å². The average Bonchev–Trinajstić information content (AvgIpc) is 2.42. The van der Waals surface area contributed by atoms with Gasteiger partial charge in [-0.1, -0.05) is 18.2 Å². The Morgan fingerprint density at radius 2 is 2.20 bits per heavy atom. The van der Waals surface area contributed by atoms with E-state index in [0.29, 0.717) is 12.6 Å². The highest BCUT2D eigenvalue weighted by Gasteiger charge is 2.29. The third-order valence-electron chi connectivity index (χ3n) is 4.09. The van der Waals surface area contributed by atoms with Crippen LogP contribution in [0.25, 0.3) is 0 Å². The van der Waals surface area contributed by atoms with Crippen LogP contribution in [-0.4, -0.2) is 41.7 Å². The van der Waals surface area contributed by atoms with Crippen LogP contribution < -0.4 is 4.74 Å². The Balaban J connectivity index is 1.78. The zero-order chi connectivity index (χ0) is 14.5. The number of carbonyl (C=O) groups is 1. The maximum Gasteiger partial charge on any atom is 0.306 e. The number of benzene rings is 1. The molecule has 4 nitrogen and oxygen atoms in total. The number of likely N-dealkylation sites (tertiary alicyclic amines) is 1. The maximum absolute atomic E-state index is 11.0. The summed E-state index contributed by atoms with van der Waals surface area (Å²) in [6.07, 6.45) is 1.48. The molecule has 1 N–H and O–H groups in total. The van der Waals surface area contributed by atoms with Crippen molar-refractivity contribution < 1.29 is 14.6 Å². The van der Waals surface area contributed by atoms with Gasteiger partial charge in [-0.05, 0) is 44.9 Å². The number of carboxylic acid groups (broad SMARTS) is 1. The maximum atomic E-state index is 11.0. The van der Waals surface area contributed by atoms with E-state index in [1.165, 1.54) is 0 Å². The van der Waals surface area contributed by atoms with Gasteiger partial charge in [-0.2, -0.15) is 0 Å². The predicted octanol–water partition coefficient (Wildman–Crippen LogP) is 2.56. The monoisotopic (exact) mass is 277 g/mol. The predicted molar refractivity (Wildman–Crippen MR) is 78.1 cm³/mol. The summed E-state index contributed by atoms with van der Waals surface area (Å²) in [6.45, 7) is 6.48. The number of aryl methyl sites for hydroxylation is 1.